The monoisotopic (exact) mass is 549 g/mol. The smallest absolute Gasteiger partial charge is 0.193 e. The highest BCUT2D eigenvalue weighted by molar-refractivity contribution is 14.0. The predicted molar refractivity (Wildman–Crippen MR) is 143 cm³/mol. The fourth-order valence-corrected chi connectivity index (χ4v) is 4.67. The normalized spacial score (nSPS) is 19.7. The molecule has 2 N–H and O–H groups in total. The number of aromatic hydroxyl groups is 1. The lowest BCUT2D eigenvalue weighted by Crippen LogP contribution is -2.53. The summed E-state index contributed by atoms with van der Waals surface area (Å²) in [6.45, 7) is 8.06. The molecule has 32 heavy (non-hydrogen) atoms. The van der Waals surface area contributed by atoms with E-state index in [4.69, 9.17) is 0 Å². The number of halogens is 1. The molecule has 0 aromatic heterocycles. The van der Waals surface area contributed by atoms with Crippen LogP contribution in [0.5, 0.6) is 5.75 Å². The van der Waals surface area contributed by atoms with Gasteiger partial charge in [0.15, 0.2) is 5.96 Å². The van der Waals surface area contributed by atoms with Crippen LogP contribution in [0.15, 0.2) is 59.6 Å². The summed E-state index contributed by atoms with van der Waals surface area (Å²) in [5, 5.41) is 13.7. The maximum absolute atomic E-state index is 10.1. The minimum absolute atomic E-state index is 0. The van der Waals surface area contributed by atoms with Crippen LogP contribution < -0.4 is 10.2 Å². The van der Waals surface area contributed by atoms with Gasteiger partial charge in [-0.15, -0.1) is 24.0 Å². The van der Waals surface area contributed by atoms with Gasteiger partial charge in [-0.05, 0) is 43.0 Å². The number of rotatable bonds is 6. The molecule has 0 bridgehead atoms. The number of hydrogen-bond acceptors (Lipinski definition) is 4. The van der Waals surface area contributed by atoms with Crippen molar-refractivity contribution in [1.82, 2.24) is 15.1 Å². The van der Waals surface area contributed by atoms with Crippen LogP contribution in [0.2, 0.25) is 0 Å². The molecule has 1 unspecified atom stereocenters. The lowest BCUT2D eigenvalue weighted by atomic mass is 10.1. The Morgan fingerprint density at radius 3 is 2.44 bits per heavy atom. The van der Waals surface area contributed by atoms with E-state index in [-0.39, 0.29) is 24.0 Å². The van der Waals surface area contributed by atoms with E-state index in [1.807, 2.05) is 25.2 Å². The van der Waals surface area contributed by atoms with Crippen molar-refractivity contribution in [2.45, 2.75) is 12.8 Å². The molecule has 0 aliphatic carbocycles. The zero-order valence-corrected chi connectivity index (χ0v) is 21.3. The molecular formula is C25H36IN5O. The highest BCUT2D eigenvalue weighted by Crippen LogP contribution is 2.27. The lowest BCUT2D eigenvalue weighted by Gasteiger charge is -2.38. The Morgan fingerprint density at radius 1 is 1.00 bits per heavy atom. The Balaban J connectivity index is 0.00000289. The molecule has 2 aromatic rings. The highest BCUT2D eigenvalue weighted by Gasteiger charge is 2.25. The van der Waals surface area contributed by atoms with Gasteiger partial charge in [-0.1, -0.05) is 42.5 Å². The Kier molecular flexibility index (Phi) is 9.47. The first-order valence-corrected chi connectivity index (χ1v) is 11.5. The fraction of sp³-hybridized carbons (Fsp3) is 0.480. The SMILES string of the molecule is CN=C(NCC1CCN(CCc2ccccc2)C1)N1CCN(c2ccccc2O)CC1.I. The van der Waals surface area contributed by atoms with Crippen LogP contribution in [0.3, 0.4) is 0 Å². The molecule has 174 valence electrons. The van der Waals surface area contributed by atoms with Crippen molar-refractivity contribution in [2.24, 2.45) is 10.9 Å². The standard InChI is InChI=1S/C25H35N5O.HI/c1-26-25(30-17-15-29(16-18-30)23-9-5-6-10-24(23)31)27-19-22-12-14-28(20-22)13-11-21-7-3-2-4-8-21;/h2-10,22,31H,11-20H2,1H3,(H,26,27);1H. The molecule has 2 aliphatic rings. The van der Waals surface area contributed by atoms with E-state index in [2.05, 4.69) is 55.3 Å². The second-order valence-corrected chi connectivity index (χ2v) is 8.58. The second kappa shape index (κ2) is 12.3. The molecule has 2 aliphatic heterocycles. The molecule has 0 saturated carbocycles. The van der Waals surface area contributed by atoms with E-state index >= 15 is 0 Å². The highest BCUT2D eigenvalue weighted by atomic mass is 127. The third-order valence-corrected chi connectivity index (χ3v) is 6.49. The number of guanidine groups is 1. The molecule has 2 heterocycles. The molecule has 2 fully saturated rings. The van der Waals surface area contributed by atoms with Crippen molar-refractivity contribution < 1.29 is 5.11 Å². The molecular weight excluding hydrogens is 513 g/mol. The number of benzene rings is 2. The first-order valence-electron chi connectivity index (χ1n) is 11.5. The average molecular weight is 550 g/mol. The Labute approximate surface area is 209 Å². The molecule has 2 aromatic carbocycles. The number of hydrogen-bond donors (Lipinski definition) is 2. The quantitative estimate of drug-likeness (QED) is 0.329. The average Bonchev–Trinajstić information content (AvgIpc) is 3.27. The van der Waals surface area contributed by atoms with E-state index in [9.17, 15) is 5.11 Å². The van der Waals surface area contributed by atoms with Crippen LogP contribution in [-0.2, 0) is 6.42 Å². The van der Waals surface area contributed by atoms with Gasteiger partial charge in [-0.3, -0.25) is 4.99 Å². The van der Waals surface area contributed by atoms with E-state index in [1.165, 1.54) is 18.5 Å². The first kappa shape index (κ1) is 24.6. The summed E-state index contributed by atoms with van der Waals surface area (Å²) >= 11 is 0. The van der Waals surface area contributed by atoms with Gasteiger partial charge in [-0.2, -0.15) is 0 Å². The minimum atomic E-state index is 0. The zero-order valence-electron chi connectivity index (χ0n) is 19.0. The largest absolute Gasteiger partial charge is 0.506 e. The number of phenols is 1. The van der Waals surface area contributed by atoms with Crippen molar-refractivity contribution >= 4 is 35.6 Å². The summed E-state index contributed by atoms with van der Waals surface area (Å²) in [5.41, 5.74) is 2.35. The summed E-state index contributed by atoms with van der Waals surface area (Å²) < 4.78 is 0. The summed E-state index contributed by atoms with van der Waals surface area (Å²) in [7, 11) is 1.87. The van der Waals surface area contributed by atoms with Crippen molar-refractivity contribution in [3.63, 3.8) is 0 Å². The van der Waals surface area contributed by atoms with Crippen molar-refractivity contribution in [1.29, 1.82) is 0 Å². The van der Waals surface area contributed by atoms with Crippen LogP contribution in [0, 0.1) is 5.92 Å². The molecule has 0 spiro atoms. The predicted octanol–water partition coefficient (Wildman–Crippen LogP) is 3.27. The third kappa shape index (κ3) is 6.51. The van der Waals surface area contributed by atoms with Crippen LogP contribution in [-0.4, -0.2) is 80.3 Å². The van der Waals surface area contributed by atoms with E-state index < -0.39 is 0 Å². The topological polar surface area (TPSA) is 54.3 Å². The Bertz CT molecular complexity index is 854. The minimum Gasteiger partial charge on any atom is -0.506 e. The molecule has 0 amide bonds. The van der Waals surface area contributed by atoms with E-state index in [1.54, 1.807) is 6.07 Å². The summed E-state index contributed by atoms with van der Waals surface area (Å²) in [5.74, 6) is 2.03. The Hall–Kier alpha value is -2.00. The number of nitrogens with one attached hydrogen (secondary N) is 1. The number of nitrogens with zero attached hydrogens (tertiary/aromatic N) is 4. The molecule has 0 radical (unpaired) electrons. The van der Waals surface area contributed by atoms with Crippen LogP contribution in [0.25, 0.3) is 0 Å². The summed E-state index contributed by atoms with van der Waals surface area (Å²) in [6, 6.07) is 18.4. The molecule has 4 rings (SSSR count). The fourth-order valence-electron chi connectivity index (χ4n) is 4.67. The van der Waals surface area contributed by atoms with Crippen LogP contribution in [0.1, 0.15) is 12.0 Å². The second-order valence-electron chi connectivity index (χ2n) is 8.58. The molecule has 6 nitrogen and oxygen atoms in total. The van der Waals surface area contributed by atoms with Gasteiger partial charge in [0, 0.05) is 52.9 Å². The first-order chi connectivity index (χ1) is 15.2. The molecule has 2 saturated heterocycles. The maximum atomic E-state index is 10.1. The van der Waals surface area contributed by atoms with Crippen molar-refractivity contribution in [2.75, 3.05) is 64.3 Å². The summed E-state index contributed by atoms with van der Waals surface area (Å²) in [4.78, 5) is 11.7. The van der Waals surface area contributed by atoms with Gasteiger partial charge < -0.3 is 25.1 Å². The number of piperazine rings is 1. The van der Waals surface area contributed by atoms with E-state index in [0.717, 1.165) is 63.9 Å². The maximum Gasteiger partial charge on any atom is 0.193 e. The van der Waals surface area contributed by atoms with Crippen molar-refractivity contribution in [3.05, 3.63) is 60.2 Å². The number of anilines is 1. The van der Waals surface area contributed by atoms with Crippen LogP contribution in [0.4, 0.5) is 5.69 Å². The number of aliphatic imine (C=N–C) groups is 1. The number of likely N-dealkylation sites (tertiary alicyclic amines) is 1. The van der Waals surface area contributed by atoms with E-state index in [0.29, 0.717) is 11.7 Å². The van der Waals surface area contributed by atoms with Gasteiger partial charge in [0.05, 0.1) is 5.69 Å². The van der Waals surface area contributed by atoms with Gasteiger partial charge in [0.1, 0.15) is 5.75 Å². The van der Waals surface area contributed by atoms with Gasteiger partial charge in [-0.25, -0.2) is 0 Å². The molecule has 7 heteroatoms. The Morgan fingerprint density at radius 2 is 1.72 bits per heavy atom. The van der Waals surface area contributed by atoms with Gasteiger partial charge in [0.25, 0.3) is 0 Å². The van der Waals surface area contributed by atoms with Crippen LogP contribution >= 0.6 is 24.0 Å². The number of para-hydroxylation sites is 2. The molecule has 1 atom stereocenters. The lowest BCUT2D eigenvalue weighted by molar-refractivity contribution is 0.325. The van der Waals surface area contributed by atoms with Gasteiger partial charge >= 0.3 is 0 Å². The third-order valence-electron chi connectivity index (χ3n) is 6.49. The summed E-state index contributed by atoms with van der Waals surface area (Å²) in [6.07, 6.45) is 2.38. The van der Waals surface area contributed by atoms with Crippen molar-refractivity contribution in [3.8, 4) is 5.75 Å². The number of phenolic OH excluding ortho intramolecular Hbond substituents is 1. The zero-order chi connectivity index (χ0) is 21.5. The van der Waals surface area contributed by atoms with Gasteiger partial charge in [0.2, 0.25) is 0 Å².